The number of thiophene rings is 2. The van der Waals surface area contributed by atoms with Crippen molar-refractivity contribution in [3.05, 3.63) is 44.8 Å². The quantitative estimate of drug-likeness (QED) is 0.265. The molecule has 0 bridgehead atoms. The molecular formula is C24H26O4S2. The predicted octanol–water partition coefficient (Wildman–Crippen LogP) is 5.42. The van der Waals surface area contributed by atoms with Crippen LogP contribution in [0.2, 0.25) is 0 Å². The summed E-state index contributed by atoms with van der Waals surface area (Å²) in [7, 11) is 0. The van der Waals surface area contributed by atoms with Crippen molar-refractivity contribution in [3.63, 3.8) is 0 Å². The minimum atomic E-state index is -0.203. The molecule has 0 aliphatic heterocycles. The maximum absolute atomic E-state index is 11.6. The van der Waals surface area contributed by atoms with Gasteiger partial charge in [0.05, 0.1) is 26.1 Å². The van der Waals surface area contributed by atoms with Gasteiger partial charge in [-0.05, 0) is 48.6 Å². The SMILES string of the molecule is O=C(CCC#Cc1ccsc1)OCCCCCCOC(=O)CCC#Cc1ccsc1. The highest BCUT2D eigenvalue weighted by molar-refractivity contribution is 7.08. The number of esters is 2. The van der Waals surface area contributed by atoms with Crippen molar-refractivity contribution in [2.75, 3.05) is 13.2 Å². The maximum atomic E-state index is 11.6. The fourth-order valence-corrected chi connectivity index (χ4v) is 3.58. The topological polar surface area (TPSA) is 52.6 Å². The van der Waals surface area contributed by atoms with Crippen LogP contribution >= 0.6 is 22.7 Å². The highest BCUT2D eigenvalue weighted by Crippen LogP contribution is 2.06. The number of hydrogen-bond donors (Lipinski definition) is 0. The Morgan fingerprint density at radius 3 is 1.60 bits per heavy atom. The third-order valence-corrected chi connectivity index (χ3v) is 5.35. The van der Waals surface area contributed by atoms with Crippen LogP contribution in [-0.2, 0) is 19.1 Å². The van der Waals surface area contributed by atoms with Gasteiger partial charge >= 0.3 is 11.9 Å². The number of ether oxygens (including phenoxy) is 2. The Balaban J connectivity index is 1.37. The van der Waals surface area contributed by atoms with Crippen LogP contribution in [0, 0.1) is 23.7 Å². The molecule has 0 aliphatic carbocycles. The highest BCUT2D eigenvalue weighted by atomic mass is 32.1. The summed E-state index contributed by atoms with van der Waals surface area (Å²) >= 11 is 3.21. The molecule has 2 aromatic heterocycles. The molecule has 0 radical (unpaired) electrons. The molecule has 0 saturated heterocycles. The van der Waals surface area contributed by atoms with E-state index in [-0.39, 0.29) is 11.9 Å². The first-order valence-corrected chi connectivity index (χ1v) is 12.0. The van der Waals surface area contributed by atoms with Crippen molar-refractivity contribution in [1.82, 2.24) is 0 Å². The van der Waals surface area contributed by atoms with Crippen LogP contribution in [-0.4, -0.2) is 25.2 Å². The molecule has 0 N–H and O–H groups in total. The van der Waals surface area contributed by atoms with Gasteiger partial charge in [0.25, 0.3) is 0 Å². The molecule has 0 aliphatic rings. The Morgan fingerprint density at radius 1 is 0.733 bits per heavy atom. The van der Waals surface area contributed by atoms with Crippen LogP contribution in [0.25, 0.3) is 0 Å². The van der Waals surface area contributed by atoms with Gasteiger partial charge in [-0.25, -0.2) is 0 Å². The van der Waals surface area contributed by atoms with Crippen LogP contribution in [0.1, 0.15) is 62.5 Å². The van der Waals surface area contributed by atoms with E-state index in [1.165, 1.54) is 0 Å². The second-order valence-electron chi connectivity index (χ2n) is 6.48. The predicted molar refractivity (Wildman–Crippen MR) is 121 cm³/mol. The van der Waals surface area contributed by atoms with E-state index in [2.05, 4.69) is 23.7 Å². The second-order valence-corrected chi connectivity index (χ2v) is 8.04. The number of hydrogen-bond acceptors (Lipinski definition) is 6. The van der Waals surface area contributed by atoms with E-state index >= 15 is 0 Å². The summed E-state index contributed by atoms with van der Waals surface area (Å²) in [4.78, 5) is 23.3. The zero-order valence-electron chi connectivity index (χ0n) is 17.0. The van der Waals surface area contributed by atoms with E-state index in [0.717, 1.165) is 36.8 Å². The van der Waals surface area contributed by atoms with Crippen molar-refractivity contribution < 1.29 is 19.1 Å². The molecule has 2 aromatic rings. The minimum Gasteiger partial charge on any atom is -0.466 e. The van der Waals surface area contributed by atoms with Gasteiger partial charge in [0.1, 0.15) is 0 Å². The average molecular weight is 443 g/mol. The molecule has 0 saturated carbocycles. The summed E-state index contributed by atoms with van der Waals surface area (Å²) < 4.78 is 10.4. The lowest BCUT2D eigenvalue weighted by molar-refractivity contribution is -0.144. The molecule has 0 aromatic carbocycles. The van der Waals surface area contributed by atoms with Crippen molar-refractivity contribution in [1.29, 1.82) is 0 Å². The third kappa shape index (κ3) is 11.5. The van der Waals surface area contributed by atoms with E-state index in [9.17, 15) is 9.59 Å². The number of unbranched alkanes of at least 4 members (excludes halogenated alkanes) is 3. The first-order chi connectivity index (χ1) is 14.7. The number of carbonyl (C=O) groups is 2. The van der Waals surface area contributed by atoms with E-state index in [4.69, 9.17) is 9.47 Å². The third-order valence-electron chi connectivity index (χ3n) is 3.98. The van der Waals surface area contributed by atoms with Crippen LogP contribution in [0.4, 0.5) is 0 Å². The standard InChI is InChI=1S/C24H26O4S2/c25-23(11-5-3-9-21-13-17-29-19-21)27-15-7-1-2-8-16-28-24(26)12-6-4-10-22-14-18-30-20-22/h13-14,17-20H,1-2,5-8,11-12,15-16H2. The molecule has 0 fully saturated rings. The molecule has 0 unspecified atom stereocenters. The summed E-state index contributed by atoms with van der Waals surface area (Å²) in [5.74, 6) is 11.6. The fraction of sp³-hybridized carbons (Fsp3) is 0.417. The zero-order valence-corrected chi connectivity index (χ0v) is 18.6. The lowest BCUT2D eigenvalue weighted by Gasteiger charge is -2.05. The monoisotopic (exact) mass is 442 g/mol. The highest BCUT2D eigenvalue weighted by Gasteiger charge is 2.02. The van der Waals surface area contributed by atoms with Gasteiger partial charge in [0.2, 0.25) is 0 Å². The zero-order chi connectivity index (χ0) is 21.3. The average Bonchev–Trinajstić information content (AvgIpc) is 3.45. The molecule has 2 rings (SSSR count). The maximum Gasteiger partial charge on any atom is 0.306 e. The Morgan fingerprint density at radius 2 is 1.20 bits per heavy atom. The van der Waals surface area contributed by atoms with Gasteiger partial charge in [0.15, 0.2) is 0 Å². The van der Waals surface area contributed by atoms with E-state index < -0.39 is 0 Å². The molecule has 0 amide bonds. The Bertz CT molecular complexity index is 788. The van der Waals surface area contributed by atoms with Crippen molar-refractivity contribution in [3.8, 4) is 23.7 Å². The summed E-state index contributed by atoms with van der Waals surface area (Å²) in [6.07, 6.45) is 5.19. The largest absolute Gasteiger partial charge is 0.466 e. The molecular weight excluding hydrogens is 416 g/mol. The van der Waals surface area contributed by atoms with E-state index in [1.807, 2.05) is 33.7 Å². The first kappa shape index (κ1) is 23.7. The van der Waals surface area contributed by atoms with Gasteiger partial charge in [-0.1, -0.05) is 23.7 Å². The molecule has 158 valence electrons. The summed E-state index contributed by atoms with van der Waals surface area (Å²) in [5.41, 5.74) is 1.98. The van der Waals surface area contributed by atoms with E-state index in [0.29, 0.717) is 38.9 Å². The Hall–Kier alpha value is -2.54. The van der Waals surface area contributed by atoms with E-state index in [1.54, 1.807) is 22.7 Å². The second kappa shape index (κ2) is 15.3. The van der Waals surface area contributed by atoms with Gasteiger partial charge in [0, 0.05) is 34.7 Å². The fourth-order valence-electron chi connectivity index (χ4n) is 2.40. The van der Waals surface area contributed by atoms with Crippen LogP contribution < -0.4 is 0 Å². The summed E-state index contributed by atoms with van der Waals surface area (Å²) in [6, 6.07) is 3.92. The van der Waals surface area contributed by atoms with Crippen molar-refractivity contribution in [2.24, 2.45) is 0 Å². The van der Waals surface area contributed by atoms with Crippen LogP contribution in [0.15, 0.2) is 33.7 Å². The molecule has 6 heteroatoms. The smallest absolute Gasteiger partial charge is 0.306 e. The van der Waals surface area contributed by atoms with Gasteiger partial charge < -0.3 is 9.47 Å². The van der Waals surface area contributed by atoms with Gasteiger partial charge in [-0.3, -0.25) is 9.59 Å². The molecule has 0 atom stereocenters. The van der Waals surface area contributed by atoms with Gasteiger partial charge in [-0.2, -0.15) is 22.7 Å². The summed E-state index contributed by atoms with van der Waals surface area (Å²) in [6.45, 7) is 0.860. The lowest BCUT2D eigenvalue weighted by Crippen LogP contribution is -2.06. The van der Waals surface area contributed by atoms with Crippen LogP contribution in [0.5, 0.6) is 0 Å². The molecule has 4 nitrogen and oxygen atoms in total. The minimum absolute atomic E-state index is 0.203. The molecule has 2 heterocycles. The normalized spacial score (nSPS) is 9.73. The number of carbonyl (C=O) groups excluding carboxylic acids is 2. The molecule has 0 spiro atoms. The lowest BCUT2D eigenvalue weighted by atomic mass is 10.2. The van der Waals surface area contributed by atoms with Crippen LogP contribution in [0.3, 0.4) is 0 Å². The Labute approximate surface area is 186 Å². The summed E-state index contributed by atoms with van der Waals surface area (Å²) in [5, 5.41) is 7.92. The first-order valence-electron chi connectivity index (χ1n) is 10.1. The number of rotatable bonds is 11. The van der Waals surface area contributed by atoms with Crippen molar-refractivity contribution >= 4 is 34.6 Å². The van der Waals surface area contributed by atoms with Gasteiger partial charge in [-0.15, -0.1) is 0 Å². The van der Waals surface area contributed by atoms with Crippen molar-refractivity contribution in [2.45, 2.75) is 51.4 Å². The Kier molecular flexibility index (Phi) is 12.1. The molecule has 30 heavy (non-hydrogen) atoms.